The van der Waals surface area contributed by atoms with E-state index in [4.69, 9.17) is 0 Å². The molecule has 0 bridgehead atoms. The Morgan fingerprint density at radius 3 is 2.86 bits per heavy atom. The monoisotopic (exact) mass is 297 g/mol. The van der Waals surface area contributed by atoms with E-state index in [1.807, 2.05) is 0 Å². The fraction of sp³-hybridized carbons (Fsp3) is 0.429. The highest BCUT2D eigenvalue weighted by Gasteiger charge is 2.42. The summed E-state index contributed by atoms with van der Waals surface area (Å²) in [4.78, 5) is 17.2. The number of halogens is 3. The maximum atomic E-state index is 12.9. The molecule has 0 amide bonds. The van der Waals surface area contributed by atoms with Crippen molar-refractivity contribution >= 4 is 17.8 Å². The smallest absolute Gasteiger partial charge is 0.354 e. The number of rotatable bonds is 2. The molecular formula is C14H14F3N3O. The second kappa shape index (κ2) is 5.05. The number of aldehydes is 1. The third-order valence-corrected chi connectivity index (χ3v) is 3.84. The van der Waals surface area contributed by atoms with E-state index >= 15 is 0 Å². The number of carbonyl (C=O) groups excluding carboxylic acids is 1. The quantitative estimate of drug-likeness (QED) is 0.800. The molecule has 2 aromatic heterocycles. The number of imidazole rings is 1. The van der Waals surface area contributed by atoms with Gasteiger partial charge in [0.25, 0.3) is 0 Å². The number of piperidine rings is 1. The molecule has 1 aliphatic rings. The molecule has 7 heteroatoms. The number of nitrogens with zero attached hydrogens (tertiary/aromatic N) is 3. The third-order valence-electron chi connectivity index (χ3n) is 3.84. The zero-order valence-electron chi connectivity index (χ0n) is 11.2. The summed E-state index contributed by atoms with van der Waals surface area (Å²) in [7, 11) is 0. The first-order valence-electron chi connectivity index (χ1n) is 6.74. The molecule has 1 fully saturated rings. The van der Waals surface area contributed by atoms with Crippen LogP contribution in [0.25, 0.3) is 5.65 Å². The second-order valence-corrected chi connectivity index (χ2v) is 5.19. The number of pyridine rings is 1. The Morgan fingerprint density at radius 1 is 1.33 bits per heavy atom. The number of hydrogen-bond donors (Lipinski definition) is 0. The minimum atomic E-state index is -4.21. The minimum Gasteiger partial charge on any atom is -0.354 e. The molecule has 1 saturated heterocycles. The van der Waals surface area contributed by atoms with Crippen LogP contribution in [0.3, 0.4) is 0 Å². The fourth-order valence-electron chi connectivity index (χ4n) is 2.78. The van der Waals surface area contributed by atoms with Crippen LogP contribution in [0.2, 0.25) is 0 Å². The van der Waals surface area contributed by atoms with Gasteiger partial charge in [-0.05, 0) is 25.0 Å². The van der Waals surface area contributed by atoms with Gasteiger partial charge in [-0.2, -0.15) is 13.2 Å². The van der Waals surface area contributed by atoms with Gasteiger partial charge in [-0.15, -0.1) is 0 Å². The summed E-state index contributed by atoms with van der Waals surface area (Å²) in [6, 6.07) is 5.25. The van der Waals surface area contributed by atoms with Gasteiger partial charge in [0.2, 0.25) is 0 Å². The maximum absolute atomic E-state index is 12.9. The first kappa shape index (κ1) is 13.9. The van der Waals surface area contributed by atoms with Crippen LogP contribution in [0, 0.1) is 5.92 Å². The Kier molecular flexibility index (Phi) is 3.35. The third kappa shape index (κ3) is 2.48. The van der Waals surface area contributed by atoms with Crippen molar-refractivity contribution in [2.75, 3.05) is 18.0 Å². The average Bonchev–Trinajstić information content (AvgIpc) is 2.85. The predicted octanol–water partition coefficient (Wildman–Crippen LogP) is 2.93. The molecule has 2 aromatic rings. The first-order valence-corrected chi connectivity index (χ1v) is 6.74. The van der Waals surface area contributed by atoms with Crippen LogP contribution in [0.4, 0.5) is 19.0 Å². The molecule has 0 spiro atoms. The molecule has 0 N–H and O–H groups in total. The van der Waals surface area contributed by atoms with E-state index in [1.165, 1.54) is 0 Å². The highest BCUT2D eigenvalue weighted by Crippen LogP contribution is 2.35. The Hall–Kier alpha value is -2.05. The summed E-state index contributed by atoms with van der Waals surface area (Å²) in [5.74, 6) is -1.03. The van der Waals surface area contributed by atoms with Gasteiger partial charge in [0.15, 0.2) is 12.1 Å². The summed E-state index contributed by atoms with van der Waals surface area (Å²) in [5, 5.41) is 0. The second-order valence-electron chi connectivity index (χ2n) is 5.19. The number of aromatic nitrogens is 2. The summed E-state index contributed by atoms with van der Waals surface area (Å²) in [6.45, 7) is 0.339. The van der Waals surface area contributed by atoms with E-state index in [9.17, 15) is 18.0 Å². The van der Waals surface area contributed by atoms with Crippen molar-refractivity contribution in [3.8, 4) is 0 Å². The van der Waals surface area contributed by atoms with Gasteiger partial charge in [0.1, 0.15) is 11.3 Å². The van der Waals surface area contributed by atoms with Crippen LogP contribution in [0.5, 0.6) is 0 Å². The van der Waals surface area contributed by atoms with E-state index in [0.29, 0.717) is 36.4 Å². The van der Waals surface area contributed by atoms with Crippen molar-refractivity contribution in [2.45, 2.75) is 19.0 Å². The molecule has 112 valence electrons. The molecule has 1 unspecified atom stereocenters. The molecule has 4 nitrogen and oxygen atoms in total. The SMILES string of the molecule is O=Cc1c(N2CCCC(C(F)(F)F)C2)nc2ccccn12. The number of anilines is 1. The number of carbonyl (C=O) groups is 1. The van der Waals surface area contributed by atoms with Gasteiger partial charge >= 0.3 is 6.18 Å². The summed E-state index contributed by atoms with van der Waals surface area (Å²) in [5.41, 5.74) is 0.858. The van der Waals surface area contributed by atoms with E-state index in [2.05, 4.69) is 4.98 Å². The first-order chi connectivity index (χ1) is 10.0. The molecular weight excluding hydrogens is 283 g/mol. The standard InChI is InChI=1S/C14H14F3N3O/c15-14(16,17)10-4-3-6-19(8-10)13-11(9-21)20-7-2-1-5-12(20)18-13/h1-2,5,7,9-10H,3-4,6,8H2. The van der Waals surface area contributed by atoms with Gasteiger partial charge in [-0.25, -0.2) is 4.98 Å². The van der Waals surface area contributed by atoms with E-state index in [-0.39, 0.29) is 13.0 Å². The van der Waals surface area contributed by atoms with Gasteiger partial charge in [0, 0.05) is 19.3 Å². The lowest BCUT2D eigenvalue weighted by molar-refractivity contribution is -0.176. The molecule has 1 atom stereocenters. The van der Waals surface area contributed by atoms with Crippen molar-refractivity contribution in [1.29, 1.82) is 0 Å². The van der Waals surface area contributed by atoms with Crippen molar-refractivity contribution in [1.82, 2.24) is 9.38 Å². The fourth-order valence-corrected chi connectivity index (χ4v) is 2.78. The molecule has 1 aliphatic heterocycles. The molecule has 0 saturated carbocycles. The van der Waals surface area contributed by atoms with E-state index in [0.717, 1.165) is 0 Å². The number of hydrogen-bond acceptors (Lipinski definition) is 3. The van der Waals surface area contributed by atoms with Crippen LogP contribution < -0.4 is 4.90 Å². The highest BCUT2D eigenvalue weighted by atomic mass is 19.4. The lowest BCUT2D eigenvalue weighted by Gasteiger charge is -2.34. The van der Waals surface area contributed by atoms with Crippen LogP contribution in [-0.4, -0.2) is 34.9 Å². The lowest BCUT2D eigenvalue weighted by atomic mass is 9.97. The van der Waals surface area contributed by atoms with Gasteiger partial charge in [0.05, 0.1) is 5.92 Å². The van der Waals surface area contributed by atoms with Crippen LogP contribution in [0.1, 0.15) is 23.3 Å². The van der Waals surface area contributed by atoms with E-state index in [1.54, 1.807) is 33.7 Å². The largest absolute Gasteiger partial charge is 0.393 e. The minimum absolute atomic E-state index is 0.129. The summed E-state index contributed by atoms with van der Waals surface area (Å²) in [6.07, 6.45) is -1.31. The predicted molar refractivity (Wildman–Crippen MR) is 71.6 cm³/mol. The van der Waals surface area contributed by atoms with Crippen LogP contribution in [-0.2, 0) is 0 Å². The summed E-state index contributed by atoms with van der Waals surface area (Å²) >= 11 is 0. The maximum Gasteiger partial charge on any atom is 0.393 e. The zero-order chi connectivity index (χ0) is 15.0. The van der Waals surface area contributed by atoms with Crippen LogP contribution in [0.15, 0.2) is 24.4 Å². The Bertz CT molecular complexity index is 665. The van der Waals surface area contributed by atoms with Gasteiger partial charge < -0.3 is 4.90 Å². The number of fused-ring (bicyclic) bond motifs is 1. The van der Waals surface area contributed by atoms with Gasteiger partial charge in [-0.1, -0.05) is 6.07 Å². The molecule has 21 heavy (non-hydrogen) atoms. The highest BCUT2D eigenvalue weighted by molar-refractivity contribution is 5.83. The molecule has 0 radical (unpaired) electrons. The topological polar surface area (TPSA) is 37.6 Å². The summed E-state index contributed by atoms with van der Waals surface area (Å²) < 4.78 is 40.3. The zero-order valence-corrected chi connectivity index (χ0v) is 11.2. The van der Waals surface area contributed by atoms with E-state index < -0.39 is 12.1 Å². The average molecular weight is 297 g/mol. The lowest BCUT2D eigenvalue weighted by Crippen LogP contribution is -2.42. The Labute approximate surface area is 119 Å². The van der Waals surface area contributed by atoms with Gasteiger partial charge in [-0.3, -0.25) is 9.20 Å². The molecule has 0 aliphatic carbocycles. The number of alkyl halides is 3. The van der Waals surface area contributed by atoms with Crippen molar-refractivity contribution in [3.05, 3.63) is 30.1 Å². The normalized spacial score (nSPS) is 20.0. The Balaban J connectivity index is 1.98. The van der Waals surface area contributed by atoms with Crippen molar-refractivity contribution in [3.63, 3.8) is 0 Å². The van der Waals surface area contributed by atoms with Crippen LogP contribution >= 0.6 is 0 Å². The molecule has 0 aromatic carbocycles. The van der Waals surface area contributed by atoms with Crippen molar-refractivity contribution < 1.29 is 18.0 Å². The molecule has 3 heterocycles. The molecule has 3 rings (SSSR count). The Morgan fingerprint density at radius 2 is 2.14 bits per heavy atom. The van der Waals surface area contributed by atoms with Crippen molar-refractivity contribution in [2.24, 2.45) is 5.92 Å².